The molecule has 0 radical (unpaired) electrons. The van der Waals surface area contributed by atoms with Crippen molar-refractivity contribution < 1.29 is 0 Å². The minimum absolute atomic E-state index is 0. The van der Waals surface area contributed by atoms with Gasteiger partial charge in [0.15, 0.2) is 0 Å². The molecule has 0 spiro atoms. The molecule has 2 aromatic carbocycles. The molecule has 24 heavy (non-hydrogen) atoms. The van der Waals surface area contributed by atoms with Gasteiger partial charge in [0.2, 0.25) is 0 Å². The van der Waals surface area contributed by atoms with Crippen LogP contribution in [0, 0.1) is 6.92 Å². The Morgan fingerprint density at radius 1 is 1.12 bits per heavy atom. The van der Waals surface area contributed by atoms with E-state index in [-0.39, 0.29) is 12.4 Å². The van der Waals surface area contributed by atoms with Gasteiger partial charge in [0, 0.05) is 21.6 Å². The molecule has 2 N–H and O–H groups in total. The zero-order chi connectivity index (χ0) is 16.6. The fraction of sp³-hybridized carbons (Fsp3) is 0.118. The average molecular weight is 448 g/mol. The number of hydrogen-bond acceptors (Lipinski definition) is 2. The van der Waals surface area contributed by atoms with Crippen LogP contribution in [0.4, 0.5) is 0 Å². The van der Waals surface area contributed by atoms with Gasteiger partial charge in [0.05, 0.1) is 22.1 Å². The van der Waals surface area contributed by atoms with Crippen molar-refractivity contribution in [3.63, 3.8) is 0 Å². The van der Waals surface area contributed by atoms with Crippen molar-refractivity contribution in [2.75, 3.05) is 0 Å². The molecule has 3 aromatic rings. The normalized spacial score (nSPS) is 10.5. The summed E-state index contributed by atoms with van der Waals surface area (Å²) in [6.07, 6.45) is 0. The molecule has 0 amide bonds. The first kappa shape index (κ1) is 19.3. The van der Waals surface area contributed by atoms with E-state index >= 15 is 0 Å². The molecule has 0 aliphatic rings. The monoisotopic (exact) mass is 445 g/mol. The highest BCUT2D eigenvalue weighted by atomic mass is 79.9. The van der Waals surface area contributed by atoms with Gasteiger partial charge in [-0.3, -0.25) is 0 Å². The summed E-state index contributed by atoms with van der Waals surface area (Å²) in [7, 11) is 0. The number of benzene rings is 2. The maximum absolute atomic E-state index is 6.37. The van der Waals surface area contributed by atoms with E-state index in [2.05, 4.69) is 21.0 Å². The van der Waals surface area contributed by atoms with Crippen molar-refractivity contribution in [3.8, 4) is 16.9 Å². The maximum atomic E-state index is 6.37. The quantitative estimate of drug-likeness (QED) is 0.552. The summed E-state index contributed by atoms with van der Waals surface area (Å²) in [5.41, 5.74) is 10.5. The van der Waals surface area contributed by atoms with Crippen LogP contribution >= 0.6 is 51.5 Å². The van der Waals surface area contributed by atoms with Gasteiger partial charge in [-0.2, -0.15) is 5.10 Å². The molecule has 7 heteroatoms. The lowest BCUT2D eigenvalue weighted by atomic mass is 10.1. The van der Waals surface area contributed by atoms with Crippen LogP contribution in [0.2, 0.25) is 10.0 Å². The third-order valence-electron chi connectivity index (χ3n) is 3.67. The van der Waals surface area contributed by atoms with Gasteiger partial charge in [0.1, 0.15) is 0 Å². The summed E-state index contributed by atoms with van der Waals surface area (Å²) in [6, 6.07) is 13.4. The fourth-order valence-corrected chi connectivity index (χ4v) is 3.26. The van der Waals surface area contributed by atoms with E-state index in [0.29, 0.717) is 16.6 Å². The average Bonchev–Trinajstić information content (AvgIpc) is 2.85. The molecule has 126 valence electrons. The van der Waals surface area contributed by atoms with Crippen molar-refractivity contribution in [3.05, 3.63) is 68.2 Å². The molecule has 0 fully saturated rings. The van der Waals surface area contributed by atoms with Crippen molar-refractivity contribution in [1.29, 1.82) is 0 Å². The van der Waals surface area contributed by atoms with E-state index in [1.807, 2.05) is 41.9 Å². The van der Waals surface area contributed by atoms with Crippen LogP contribution in [0.1, 0.15) is 11.3 Å². The molecular weight excluding hydrogens is 432 g/mol. The highest BCUT2D eigenvalue weighted by Gasteiger charge is 2.18. The molecule has 0 atom stereocenters. The topological polar surface area (TPSA) is 43.8 Å². The number of aromatic nitrogens is 2. The standard InChI is InChI=1S/C17H14BrCl2N3.ClH/c1-10-15(9-21)22-23(16-7-6-13(19)8-14(16)20)17(10)11-2-4-12(18)5-3-11;/h2-8H,9,21H2,1H3;1H. The summed E-state index contributed by atoms with van der Waals surface area (Å²) in [6.45, 7) is 2.39. The largest absolute Gasteiger partial charge is 0.325 e. The zero-order valence-electron chi connectivity index (χ0n) is 12.8. The van der Waals surface area contributed by atoms with Crippen molar-refractivity contribution in [1.82, 2.24) is 9.78 Å². The molecule has 3 rings (SSSR count). The van der Waals surface area contributed by atoms with Gasteiger partial charge in [-0.1, -0.05) is 51.3 Å². The van der Waals surface area contributed by atoms with Crippen molar-refractivity contribution in [2.45, 2.75) is 13.5 Å². The fourth-order valence-electron chi connectivity index (χ4n) is 2.51. The first-order valence-corrected chi connectivity index (χ1v) is 8.56. The Morgan fingerprint density at radius 3 is 2.38 bits per heavy atom. The van der Waals surface area contributed by atoms with E-state index in [4.69, 9.17) is 28.9 Å². The van der Waals surface area contributed by atoms with Crippen LogP contribution in [0.15, 0.2) is 46.9 Å². The van der Waals surface area contributed by atoms with E-state index in [0.717, 1.165) is 32.7 Å². The molecule has 1 aromatic heterocycles. The second-order valence-corrected chi connectivity index (χ2v) is 6.90. The van der Waals surface area contributed by atoms with Crippen LogP contribution < -0.4 is 5.73 Å². The number of halogens is 4. The summed E-state index contributed by atoms with van der Waals surface area (Å²) in [5, 5.41) is 5.77. The van der Waals surface area contributed by atoms with Gasteiger partial charge in [-0.25, -0.2) is 4.68 Å². The molecule has 0 saturated heterocycles. The van der Waals surface area contributed by atoms with E-state index in [1.54, 1.807) is 12.1 Å². The first-order valence-electron chi connectivity index (χ1n) is 7.01. The first-order chi connectivity index (χ1) is 11.0. The Labute approximate surface area is 165 Å². The smallest absolute Gasteiger partial charge is 0.0840 e. The molecule has 0 saturated carbocycles. The Hall–Kier alpha value is -1.04. The lowest BCUT2D eigenvalue weighted by Crippen LogP contribution is -2.02. The van der Waals surface area contributed by atoms with Gasteiger partial charge in [-0.15, -0.1) is 12.4 Å². The van der Waals surface area contributed by atoms with Gasteiger partial charge < -0.3 is 5.73 Å². The molecule has 0 unspecified atom stereocenters. The van der Waals surface area contributed by atoms with Crippen LogP contribution in [0.25, 0.3) is 16.9 Å². The Bertz CT molecular complexity index is 860. The predicted molar refractivity (Wildman–Crippen MR) is 107 cm³/mol. The van der Waals surface area contributed by atoms with E-state index in [1.165, 1.54) is 0 Å². The van der Waals surface area contributed by atoms with Crippen molar-refractivity contribution >= 4 is 51.5 Å². The second kappa shape index (κ2) is 7.89. The third-order valence-corrected chi connectivity index (χ3v) is 4.74. The minimum atomic E-state index is 0. The summed E-state index contributed by atoms with van der Waals surface area (Å²) < 4.78 is 2.85. The summed E-state index contributed by atoms with van der Waals surface area (Å²) >= 11 is 15.8. The Balaban J connectivity index is 0.00000208. The highest BCUT2D eigenvalue weighted by Crippen LogP contribution is 2.33. The predicted octanol–water partition coefficient (Wildman–Crippen LogP) is 5.80. The van der Waals surface area contributed by atoms with E-state index < -0.39 is 0 Å². The maximum Gasteiger partial charge on any atom is 0.0840 e. The van der Waals surface area contributed by atoms with Crippen LogP contribution in [0.3, 0.4) is 0 Å². The minimum Gasteiger partial charge on any atom is -0.325 e. The van der Waals surface area contributed by atoms with Gasteiger partial charge in [0.25, 0.3) is 0 Å². The third kappa shape index (κ3) is 3.63. The second-order valence-electron chi connectivity index (χ2n) is 5.14. The molecule has 3 nitrogen and oxygen atoms in total. The SMILES string of the molecule is Cc1c(CN)nn(-c2ccc(Cl)cc2Cl)c1-c1ccc(Br)cc1.Cl. The Morgan fingerprint density at radius 2 is 1.79 bits per heavy atom. The van der Waals surface area contributed by atoms with Crippen LogP contribution in [-0.4, -0.2) is 9.78 Å². The number of nitrogens with zero attached hydrogens (tertiary/aromatic N) is 2. The van der Waals surface area contributed by atoms with Gasteiger partial charge >= 0.3 is 0 Å². The highest BCUT2D eigenvalue weighted by molar-refractivity contribution is 9.10. The molecule has 0 aliphatic carbocycles. The molecule has 0 bridgehead atoms. The number of rotatable bonds is 3. The zero-order valence-corrected chi connectivity index (χ0v) is 16.7. The van der Waals surface area contributed by atoms with Gasteiger partial charge in [-0.05, 0) is 42.8 Å². The molecule has 0 aliphatic heterocycles. The lowest BCUT2D eigenvalue weighted by molar-refractivity contribution is 0.838. The summed E-state index contributed by atoms with van der Waals surface area (Å²) in [5.74, 6) is 0. The van der Waals surface area contributed by atoms with Crippen LogP contribution in [0.5, 0.6) is 0 Å². The van der Waals surface area contributed by atoms with Crippen molar-refractivity contribution in [2.24, 2.45) is 5.73 Å². The molecule has 1 heterocycles. The summed E-state index contributed by atoms with van der Waals surface area (Å²) in [4.78, 5) is 0. The van der Waals surface area contributed by atoms with Crippen LogP contribution in [-0.2, 0) is 6.54 Å². The lowest BCUT2D eigenvalue weighted by Gasteiger charge is -2.11. The molecular formula is C17H15BrCl3N3. The number of hydrogen-bond donors (Lipinski definition) is 1. The Kier molecular flexibility index (Phi) is 6.34. The number of nitrogens with two attached hydrogens (primary N) is 1. The van der Waals surface area contributed by atoms with E-state index in [9.17, 15) is 0 Å².